The molecule has 1 atom stereocenters. The summed E-state index contributed by atoms with van der Waals surface area (Å²) in [6, 6.07) is 8.36. The number of benzene rings is 1. The maximum absolute atomic E-state index is 13.0. The van der Waals surface area contributed by atoms with Gasteiger partial charge in [0.15, 0.2) is 23.4 Å². The summed E-state index contributed by atoms with van der Waals surface area (Å²) >= 11 is 0. The molecular formula is C18H16F3N3O4. The Hall–Kier alpha value is -3.30. The molecule has 0 radical (unpaired) electrons. The van der Waals surface area contributed by atoms with E-state index < -0.39 is 30.0 Å². The van der Waals surface area contributed by atoms with Crippen molar-refractivity contribution in [3.63, 3.8) is 0 Å². The van der Waals surface area contributed by atoms with Gasteiger partial charge in [0, 0.05) is 6.20 Å². The van der Waals surface area contributed by atoms with Gasteiger partial charge in [-0.15, -0.1) is 13.2 Å². The minimum Gasteiger partial charge on any atom is -0.477 e. The van der Waals surface area contributed by atoms with E-state index in [9.17, 15) is 22.8 Å². The minimum absolute atomic E-state index is 0.152. The molecule has 7 nitrogen and oxygen atoms in total. The molecule has 1 unspecified atom stereocenters. The molecule has 3 rings (SSSR count). The van der Waals surface area contributed by atoms with Gasteiger partial charge in [0.25, 0.3) is 5.91 Å². The fraction of sp³-hybridized carbons (Fsp3) is 0.278. The summed E-state index contributed by atoms with van der Waals surface area (Å²) in [7, 11) is 0. The van der Waals surface area contributed by atoms with Crippen LogP contribution in [-0.2, 0) is 9.59 Å². The Morgan fingerprint density at radius 2 is 1.96 bits per heavy atom. The third-order valence-electron chi connectivity index (χ3n) is 3.87. The molecular weight excluding hydrogens is 379 g/mol. The summed E-state index contributed by atoms with van der Waals surface area (Å²) in [5.74, 6) is -1.56. The van der Waals surface area contributed by atoms with Crippen molar-refractivity contribution < 1.29 is 32.2 Å². The highest BCUT2D eigenvalue weighted by atomic mass is 19.4. The first kappa shape index (κ1) is 19.5. The summed E-state index contributed by atoms with van der Waals surface area (Å²) < 4.78 is 47.3. The largest absolute Gasteiger partial charge is 0.573 e. The Labute approximate surface area is 158 Å². The van der Waals surface area contributed by atoms with Crippen molar-refractivity contribution in [2.75, 3.05) is 16.8 Å². The Morgan fingerprint density at radius 1 is 1.25 bits per heavy atom. The average molecular weight is 395 g/mol. The van der Waals surface area contributed by atoms with Crippen LogP contribution in [0.2, 0.25) is 0 Å². The lowest BCUT2D eigenvalue weighted by molar-refractivity contribution is -0.275. The van der Waals surface area contributed by atoms with Crippen LogP contribution < -0.4 is 19.7 Å². The summed E-state index contributed by atoms with van der Waals surface area (Å²) in [4.78, 5) is 30.1. The first-order valence-corrected chi connectivity index (χ1v) is 8.36. The molecule has 1 aliphatic heterocycles. The van der Waals surface area contributed by atoms with E-state index in [1.54, 1.807) is 19.1 Å². The maximum Gasteiger partial charge on any atom is 0.573 e. The first-order chi connectivity index (χ1) is 13.3. The highest BCUT2D eigenvalue weighted by Gasteiger charge is 2.35. The Kier molecular flexibility index (Phi) is 5.39. The third-order valence-corrected chi connectivity index (χ3v) is 3.87. The van der Waals surface area contributed by atoms with Gasteiger partial charge in [0.05, 0.1) is 5.69 Å². The van der Waals surface area contributed by atoms with Gasteiger partial charge in [0.2, 0.25) is 5.91 Å². The SMILES string of the molecule is CCC(Oc1ccccc1OC(F)(F)F)C(=O)N1CC(=O)Nc2cccnc21. The second kappa shape index (κ2) is 7.75. The molecule has 0 fully saturated rings. The number of pyridine rings is 1. The Morgan fingerprint density at radius 3 is 2.64 bits per heavy atom. The van der Waals surface area contributed by atoms with E-state index in [1.807, 2.05) is 0 Å². The molecule has 1 aliphatic rings. The average Bonchev–Trinajstić information content (AvgIpc) is 2.65. The lowest BCUT2D eigenvalue weighted by Gasteiger charge is -2.30. The summed E-state index contributed by atoms with van der Waals surface area (Å²) in [6.45, 7) is 1.36. The van der Waals surface area contributed by atoms with Gasteiger partial charge >= 0.3 is 6.36 Å². The zero-order chi connectivity index (χ0) is 20.3. The normalized spacial score (nSPS) is 14.7. The minimum atomic E-state index is -4.90. The number of fused-ring (bicyclic) bond motifs is 1. The number of nitrogens with zero attached hydrogens (tertiary/aromatic N) is 2. The number of aromatic nitrogens is 1. The van der Waals surface area contributed by atoms with E-state index in [1.165, 1.54) is 24.4 Å². The van der Waals surface area contributed by atoms with Crippen LogP contribution in [0.4, 0.5) is 24.7 Å². The van der Waals surface area contributed by atoms with Gasteiger partial charge in [0.1, 0.15) is 6.54 Å². The van der Waals surface area contributed by atoms with Crippen molar-refractivity contribution in [1.82, 2.24) is 4.98 Å². The number of carbonyl (C=O) groups excluding carboxylic acids is 2. The van der Waals surface area contributed by atoms with Crippen molar-refractivity contribution in [3.8, 4) is 11.5 Å². The number of para-hydroxylation sites is 2. The molecule has 0 saturated carbocycles. The Bertz CT molecular complexity index is 888. The number of hydrogen-bond acceptors (Lipinski definition) is 5. The number of alkyl halides is 3. The molecule has 1 aromatic carbocycles. The first-order valence-electron chi connectivity index (χ1n) is 8.36. The molecule has 0 saturated heterocycles. The molecule has 2 heterocycles. The van der Waals surface area contributed by atoms with E-state index >= 15 is 0 Å². The van der Waals surface area contributed by atoms with Gasteiger partial charge in [-0.05, 0) is 30.7 Å². The highest BCUT2D eigenvalue weighted by molar-refractivity contribution is 6.10. The van der Waals surface area contributed by atoms with Gasteiger partial charge in [-0.3, -0.25) is 14.5 Å². The number of carbonyl (C=O) groups is 2. The van der Waals surface area contributed by atoms with Crippen LogP contribution in [0.3, 0.4) is 0 Å². The highest BCUT2D eigenvalue weighted by Crippen LogP contribution is 2.34. The number of rotatable bonds is 5. The summed E-state index contributed by atoms with van der Waals surface area (Å²) in [5, 5.41) is 2.61. The van der Waals surface area contributed by atoms with Crippen molar-refractivity contribution in [2.45, 2.75) is 25.8 Å². The van der Waals surface area contributed by atoms with Crippen LogP contribution in [0.5, 0.6) is 11.5 Å². The van der Waals surface area contributed by atoms with Gasteiger partial charge < -0.3 is 14.8 Å². The van der Waals surface area contributed by atoms with Gasteiger partial charge in [-0.25, -0.2) is 4.98 Å². The van der Waals surface area contributed by atoms with Gasteiger partial charge in [-0.1, -0.05) is 19.1 Å². The molecule has 0 bridgehead atoms. The van der Waals surface area contributed by atoms with Crippen LogP contribution in [0.25, 0.3) is 0 Å². The van der Waals surface area contributed by atoms with Crippen molar-refractivity contribution in [3.05, 3.63) is 42.6 Å². The van der Waals surface area contributed by atoms with E-state index in [-0.39, 0.29) is 24.5 Å². The lowest BCUT2D eigenvalue weighted by atomic mass is 10.2. The zero-order valence-corrected chi connectivity index (χ0v) is 14.7. The standard InChI is InChI=1S/C18H16F3N3O4/c1-2-12(27-13-7-3-4-8-14(13)28-18(19,20)21)17(26)24-10-15(25)23-11-6-5-9-22-16(11)24/h3-9,12H,2,10H2,1H3,(H,23,25). The molecule has 28 heavy (non-hydrogen) atoms. The number of amides is 2. The molecule has 10 heteroatoms. The number of ether oxygens (including phenoxy) is 2. The quantitative estimate of drug-likeness (QED) is 0.842. The smallest absolute Gasteiger partial charge is 0.477 e. The number of anilines is 2. The van der Waals surface area contributed by atoms with Crippen LogP contribution in [-0.4, -0.2) is 35.8 Å². The van der Waals surface area contributed by atoms with Crippen LogP contribution in [0.1, 0.15) is 13.3 Å². The van der Waals surface area contributed by atoms with Crippen LogP contribution in [0, 0.1) is 0 Å². The molecule has 148 valence electrons. The third kappa shape index (κ3) is 4.33. The molecule has 2 aromatic rings. The Balaban J connectivity index is 1.85. The summed E-state index contributed by atoms with van der Waals surface area (Å²) in [5.41, 5.74) is 0.364. The van der Waals surface area contributed by atoms with Crippen molar-refractivity contribution in [1.29, 1.82) is 0 Å². The van der Waals surface area contributed by atoms with Crippen LogP contribution in [0.15, 0.2) is 42.6 Å². The second-order valence-corrected chi connectivity index (χ2v) is 5.86. The summed E-state index contributed by atoms with van der Waals surface area (Å²) in [6.07, 6.45) is -4.43. The fourth-order valence-corrected chi connectivity index (χ4v) is 2.69. The number of nitrogens with one attached hydrogen (secondary N) is 1. The maximum atomic E-state index is 13.0. The predicted octanol–water partition coefficient (Wildman–Crippen LogP) is 3.12. The van der Waals surface area contributed by atoms with E-state index in [0.717, 1.165) is 11.0 Å². The lowest BCUT2D eigenvalue weighted by Crippen LogP contribution is -2.48. The van der Waals surface area contributed by atoms with Gasteiger partial charge in [-0.2, -0.15) is 0 Å². The molecule has 2 amide bonds. The number of halogens is 3. The molecule has 0 spiro atoms. The van der Waals surface area contributed by atoms with Crippen molar-refractivity contribution in [2.24, 2.45) is 0 Å². The topological polar surface area (TPSA) is 80.8 Å². The van der Waals surface area contributed by atoms with E-state index in [2.05, 4.69) is 15.0 Å². The predicted molar refractivity (Wildman–Crippen MR) is 93.1 cm³/mol. The van der Waals surface area contributed by atoms with Crippen molar-refractivity contribution >= 4 is 23.3 Å². The monoisotopic (exact) mass is 395 g/mol. The number of hydrogen-bond donors (Lipinski definition) is 1. The van der Waals surface area contributed by atoms with Crippen LogP contribution >= 0.6 is 0 Å². The zero-order valence-electron chi connectivity index (χ0n) is 14.7. The molecule has 0 aliphatic carbocycles. The fourth-order valence-electron chi connectivity index (χ4n) is 2.69. The second-order valence-electron chi connectivity index (χ2n) is 5.86. The van der Waals surface area contributed by atoms with E-state index in [0.29, 0.717) is 5.69 Å². The molecule has 1 aromatic heterocycles. The van der Waals surface area contributed by atoms with E-state index in [4.69, 9.17) is 4.74 Å². The molecule has 1 N–H and O–H groups in total.